The van der Waals surface area contributed by atoms with Crippen molar-refractivity contribution >= 4 is 0 Å². The maximum absolute atomic E-state index is 13.9. The summed E-state index contributed by atoms with van der Waals surface area (Å²) in [6.07, 6.45) is 1.67. The zero-order valence-corrected chi connectivity index (χ0v) is 10.8. The molecule has 4 heteroatoms. The van der Waals surface area contributed by atoms with E-state index in [9.17, 15) is 4.39 Å². The van der Waals surface area contributed by atoms with E-state index in [1.165, 1.54) is 6.07 Å². The Morgan fingerprint density at radius 2 is 1.65 bits per heavy atom. The van der Waals surface area contributed by atoms with Crippen LogP contribution in [0.2, 0.25) is 0 Å². The molecule has 2 aromatic carbocycles. The lowest BCUT2D eigenvalue weighted by atomic mass is 10.0. The predicted molar refractivity (Wildman–Crippen MR) is 76.0 cm³/mol. The molecule has 0 saturated heterocycles. The highest BCUT2D eigenvalue weighted by Crippen LogP contribution is 2.23. The first-order chi connectivity index (χ1) is 9.77. The van der Waals surface area contributed by atoms with Crippen molar-refractivity contribution in [2.24, 2.45) is 5.73 Å². The molecule has 0 fully saturated rings. The lowest BCUT2D eigenvalue weighted by Gasteiger charge is -2.15. The van der Waals surface area contributed by atoms with E-state index in [1.807, 2.05) is 36.4 Å². The molecule has 0 amide bonds. The van der Waals surface area contributed by atoms with Gasteiger partial charge < -0.3 is 5.73 Å². The van der Waals surface area contributed by atoms with Crippen LogP contribution in [0.3, 0.4) is 0 Å². The number of para-hydroxylation sites is 1. The van der Waals surface area contributed by atoms with Gasteiger partial charge in [-0.05, 0) is 24.3 Å². The van der Waals surface area contributed by atoms with E-state index in [2.05, 4.69) is 5.10 Å². The van der Waals surface area contributed by atoms with Crippen molar-refractivity contribution in [1.29, 1.82) is 0 Å². The second kappa shape index (κ2) is 5.27. The molecule has 0 aliphatic heterocycles. The Kier molecular flexibility index (Phi) is 3.31. The molecule has 1 heterocycles. The van der Waals surface area contributed by atoms with Crippen LogP contribution >= 0.6 is 0 Å². The molecule has 3 aromatic rings. The normalized spacial score (nSPS) is 12.3. The van der Waals surface area contributed by atoms with Crippen molar-refractivity contribution in [2.45, 2.75) is 6.04 Å². The van der Waals surface area contributed by atoms with Gasteiger partial charge in [-0.2, -0.15) is 5.10 Å². The molecule has 1 atom stereocenters. The van der Waals surface area contributed by atoms with E-state index in [0.717, 1.165) is 11.4 Å². The van der Waals surface area contributed by atoms with E-state index >= 15 is 0 Å². The second-order valence-electron chi connectivity index (χ2n) is 4.50. The fourth-order valence-electron chi connectivity index (χ4n) is 2.22. The average Bonchev–Trinajstić information content (AvgIpc) is 2.97. The summed E-state index contributed by atoms with van der Waals surface area (Å²) >= 11 is 0. The molecule has 2 N–H and O–H groups in total. The highest BCUT2D eigenvalue weighted by atomic mass is 19.1. The summed E-state index contributed by atoms with van der Waals surface area (Å²) in [6.45, 7) is 0. The van der Waals surface area contributed by atoms with Crippen molar-refractivity contribution < 1.29 is 4.39 Å². The molecule has 0 aliphatic rings. The van der Waals surface area contributed by atoms with Gasteiger partial charge in [0.05, 0.1) is 17.4 Å². The number of hydrogen-bond donors (Lipinski definition) is 1. The fourth-order valence-corrected chi connectivity index (χ4v) is 2.22. The van der Waals surface area contributed by atoms with Crippen LogP contribution in [-0.2, 0) is 0 Å². The van der Waals surface area contributed by atoms with Crippen molar-refractivity contribution in [1.82, 2.24) is 9.78 Å². The van der Waals surface area contributed by atoms with Gasteiger partial charge in [0, 0.05) is 11.8 Å². The first-order valence-corrected chi connectivity index (χ1v) is 6.37. The van der Waals surface area contributed by atoms with Crippen LogP contribution in [0.25, 0.3) is 5.69 Å². The van der Waals surface area contributed by atoms with Crippen LogP contribution in [0.15, 0.2) is 66.9 Å². The molecule has 0 radical (unpaired) electrons. The minimum atomic E-state index is -0.557. The van der Waals surface area contributed by atoms with Gasteiger partial charge in [0.25, 0.3) is 0 Å². The third-order valence-electron chi connectivity index (χ3n) is 3.23. The van der Waals surface area contributed by atoms with Crippen molar-refractivity contribution in [3.63, 3.8) is 0 Å². The summed E-state index contributed by atoms with van der Waals surface area (Å²) in [6, 6.07) is 17.5. The summed E-state index contributed by atoms with van der Waals surface area (Å²) in [5.41, 5.74) is 8.32. The van der Waals surface area contributed by atoms with Crippen LogP contribution in [0.1, 0.15) is 17.3 Å². The first kappa shape index (κ1) is 12.6. The molecule has 0 bridgehead atoms. The molecular weight excluding hydrogens is 253 g/mol. The van der Waals surface area contributed by atoms with Crippen molar-refractivity contribution in [2.75, 3.05) is 0 Å². The number of rotatable bonds is 3. The number of benzene rings is 2. The highest BCUT2D eigenvalue weighted by Gasteiger charge is 2.17. The fraction of sp³-hybridized carbons (Fsp3) is 0.0625. The monoisotopic (exact) mass is 267 g/mol. The van der Waals surface area contributed by atoms with E-state index in [0.29, 0.717) is 5.56 Å². The summed E-state index contributed by atoms with van der Waals surface area (Å²) in [5, 5.41) is 4.28. The molecule has 0 aliphatic carbocycles. The Balaban J connectivity index is 2.04. The minimum absolute atomic E-state index is 0.305. The van der Waals surface area contributed by atoms with Gasteiger partial charge >= 0.3 is 0 Å². The first-order valence-electron chi connectivity index (χ1n) is 6.37. The van der Waals surface area contributed by atoms with Crippen molar-refractivity contribution in [3.05, 3.63) is 83.9 Å². The largest absolute Gasteiger partial charge is 0.319 e. The van der Waals surface area contributed by atoms with Crippen LogP contribution in [-0.4, -0.2) is 9.78 Å². The molecule has 0 saturated carbocycles. The molecule has 20 heavy (non-hydrogen) atoms. The van der Waals surface area contributed by atoms with Crippen LogP contribution in [0, 0.1) is 5.82 Å². The third kappa shape index (κ3) is 2.21. The predicted octanol–water partition coefficient (Wildman–Crippen LogP) is 3.06. The van der Waals surface area contributed by atoms with Gasteiger partial charge in [0.1, 0.15) is 5.82 Å². The minimum Gasteiger partial charge on any atom is -0.319 e. The van der Waals surface area contributed by atoms with E-state index in [4.69, 9.17) is 5.73 Å². The zero-order valence-electron chi connectivity index (χ0n) is 10.8. The SMILES string of the molecule is NC(c1ccccc1F)c1ccnn1-c1ccccc1. The second-order valence-corrected chi connectivity index (χ2v) is 4.50. The summed E-state index contributed by atoms with van der Waals surface area (Å²) in [5.74, 6) is -0.305. The Hall–Kier alpha value is -2.46. The molecular formula is C16H14FN3. The average molecular weight is 267 g/mol. The van der Waals surface area contributed by atoms with Gasteiger partial charge in [0.2, 0.25) is 0 Å². The van der Waals surface area contributed by atoms with Gasteiger partial charge in [0.15, 0.2) is 0 Å². The zero-order chi connectivity index (χ0) is 13.9. The van der Waals surface area contributed by atoms with E-state index in [-0.39, 0.29) is 5.82 Å². The van der Waals surface area contributed by atoms with Gasteiger partial charge in [-0.25, -0.2) is 9.07 Å². The van der Waals surface area contributed by atoms with Gasteiger partial charge in [-0.1, -0.05) is 36.4 Å². The molecule has 3 nitrogen and oxygen atoms in total. The van der Waals surface area contributed by atoms with Crippen LogP contribution in [0.5, 0.6) is 0 Å². The number of nitrogens with zero attached hydrogens (tertiary/aromatic N) is 2. The number of nitrogens with two attached hydrogens (primary N) is 1. The molecule has 100 valence electrons. The Morgan fingerprint density at radius 1 is 0.950 bits per heavy atom. The van der Waals surface area contributed by atoms with Crippen LogP contribution in [0.4, 0.5) is 4.39 Å². The molecule has 0 spiro atoms. The summed E-state index contributed by atoms with van der Waals surface area (Å²) < 4.78 is 15.6. The Labute approximate surface area is 116 Å². The smallest absolute Gasteiger partial charge is 0.128 e. The van der Waals surface area contributed by atoms with Gasteiger partial charge in [-0.15, -0.1) is 0 Å². The molecule has 1 aromatic heterocycles. The lowest BCUT2D eigenvalue weighted by Crippen LogP contribution is -2.18. The van der Waals surface area contributed by atoms with Gasteiger partial charge in [-0.3, -0.25) is 0 Å². The lowest BCUT2D eigenvalue weighted by molar-refractivity contribution is 0.593. The molecule has 3 rings (SSSR count). The quantitative estimate of drug-likeness (QED) is 0.792. The number of hydrogen-bond acceptors (Lipinski definition) is 2. The standard InChI is InChI=1S/C16H14FN3/c17-14-9-5-4-8-13(14)16(18)15-10-11-19-20(15)12-6-2-1-3-7-12/h1-11,16H,18H2. The Bertz CT molecular complexity index is 707. The topological polar surface area (TPSA) is 43.8 Å². The number of halogens is 1. The Morgan fingerprint density at radius 3 is 2.40 bits per heavy atom. The maximum Gasteiger partial charge on any atom is 0.128 e. The maximum atomic E-state index is 13.9. The van der Waals surface area contributed by atoms with Crippen LogP contribution < -0.4 is 5.73 Å². The molecule has 1 unspecified atom stereocenters. The third-order valence-corrected chi connectivity index (χ3v) is 3.23. The highest BCUT2D eigenvalue weighted by molar-refractivity contribution is 5.36. The number of aromatic nitrogens is 2. The van der Waals surface area contributed by atoms with E-state index < -0.39 is 6.04 Å². The summed E-state index contributed by atoms with van der Waals surface area (Å²) in [4.78, 5) is 0. The van der Waals surface area contributed by atoms with E-state index in [1.54, 1.807) is 29.1 Å². The summed E-state index contributed by atoms with van der Waals surface area (Å²) in [7, 11) is 0. The van der Waals surface area contributed by atoms with Crippen molar-refractivity contribution in [3.8, 4) is 5.69 Å².